The van der Waals surface area contributed by atoms with Gasteiger partial charge in [-0.1, -0.05) is 133 Å². The molecular formula is C56H34N4. The van der Waals surface area contributed by atoms with Crippen LogP contribution < -0.4 is 0 Å². The van der Waals surface area contributed by atoms with Crippen molar-refractivity contribution in [1.29, 1.82) is 0 Å². The molecule has 0 N–H and O–H groups in total. The van der Waals surface area contributed by atoms with Crippen LogP contribution in [0, 0.1) is 0 Å². The Labute approximate surface area is 346 Å². The highest BCUT2D eigenvalue weighted by molar-refractivity contribution is 6.08. The molecule has 0 aliphatic carbocycles. The Kier molecular flexibility index (Phi) is 7.82. The summed E-state index contributed by atoms with van der Waals surface area (Å²) in [6.07, 6.45) is 1.84. The van der Waals surface area contributed by atoms with E-state index in [2.05, 4.69) is 181 Å². The minimum atomic E-state index is 0.610. The highest BCUT2D eigenvalue weighted by Gasteiger charge is 2.17. The van der Waals surface area contributed by atoms with E-state index >= 15 is 0 Å². The monoisotopic (exact) mass is 762 g/mol. The van der Waals surface area contributed by atoms with E-state index in [4.69, 9.17) is 15.0 Å². The van der Waals surface area contributed by atoms with Gasteiger partial charge in [-0.3, -0.25) is 4.98 Å². The van der Waals surface area contributed by atoms with Gasteiger partial charge in [0.2, 0.25) is 0 Å². The van der Waals surface area contributed by atoms with E-state index in [1.807, 2.05) is 30.5 Å². The summed E-state index contributed by atoms with van der Waals surface area (Å²) < 4.78 is 0. The molecule has 0 atom stereocenters. The maximum atomic E-state index is 5.31. The Bertz CT molecular complexity index is 3530. The van der Waals surface area contributed by atoms with Gasteiger partial charge in [0.15, 0.2) is 17.5 Å². The third-order valence-corrected chi connectivity index (χ3v) is 11.8. The molecule has 2 aromatic heterocycles. The predicted octanol–water partition coefficient (Wildman–Crippen LogP) is 14.5. The Morgan fingerprint density at radius 1 is 0.250 bits per heavy atom. The van der Waals surface area contributed by atoms with E-state index in [0.717, 1.165) is 60.6 Å². The first kappa shape index (κ1) is 34.0. The van der Waals surface area contributed by atoms with Gasteiger partial charge in [-0.05, 0) is 143 Å². The van der Waals surface area contributed by atoms with E-state index in [1.54, 1.807) is 0 Å². The first-order chi connectivity index (χ1) is 29.7. The van der Waals surface area contributed by atoms with Crippen LogP contribution >= 0.6 is 0 Å². The Balaban J connectivity index is 1.11. The molecule has 0 saturated carbocycles. The van der Waals surface area contributed by atoms with Crippen LogP contribution in [0.25, 0.3) is 121 Å². The first-order valence-corrected chi connectivity index (χ1v) is 20.3. The summed E-state index contributed by atoms with van der Waals surface area (Å²) in [7, 11) is 0. The smallest absolute Gasteiger partial charge is 0.164 e. The average molecular weight is 763 g/mol. The molecule has 0 saturated heterocycles. The van der Waals surface area contributed by atoms with Crippen molar-refractivity contribution in [2.45, 2.75) is 0 Å². The average Bonchev–Trinajstić information content (AvgIpc) is 3.31. The molecule has 0 bridgehead atoms. The lowest BCUT2D eigenvalue weighted by molar-refractivity contribution is 1.07. The maximum absolute atomic E-state index is 5.31. The summed E-state index contributed by atoms with van der Waals surface area (Å²) in [4.78, 5) is 20.3. The van der Waals surface area contributed by atoms with Gasteiger partial charge >= 0.3 is 0 Å². The van der Waals surface area contributed by atoms with Crippen LogP contribution in [0.5, 0.6) is 0 Å². The molecule has 0 amide bonds. The molecule has 12 aromatic rings. The van der Waals surface area contributed by atoms with Gasteiger partial charge < -0.3 is 0 Å². The molecule has 0 radical (unpaired) electrons. The fourth-order valence-corrected chi connectivity index (χ4v) is 8.81. The van der Waals surface area contributed by atoms with E-state index in [0.29, 0.717) is 17.5 Å². The summed E-state index contributed by atoms with van der Waals surface area (Å²) in [6, 6.07) is 71.5. The fraction of sp³-hybridized carbons (Fsp3) is 0. The van der Waals surface area contributed by atoms with Crippen LogP contribution in [0.1, 0.15) is 0 Å². The summed E-state index contributed by atoms with van der Waals surface area (Å²) >= 11 is 0. The highest BCUT2D eigenvalue weighted by atomic mass is 15.0. The zero-order valence-corrected chi connectivity index (χ0v) is 32.4. The second-order valence-electron chi connectivity index (χ2n) is 15.5. The summed E-state index contributed by atoms with van der Waals surface area (Å²) in [6.45, 7) is 0. The van der Waals surface area contributed by atoms with Gasteiger partial charge in [0.1, 0.15) is 0 Å². The van der Waals surface area contributed by atoms with Gasteiger partial charge in [-0.2, -0.15) is 0 Å². The number of aromatic nitrogens is 4. The van der Waals surface area contributed by atoms with E-state index < -0.39 is 0 Å². The molecule has 0 unspecified atom stereocenters. The zero-order valence-electron chi connectivity index (χ0n) is 32.4. The fourth-order valence-electron chi connectivity index (χ4n) is 8.81. The van der Waals surface area contributed by atoms with E-state index in [-0.39, 0.29) is 0 Å². The molecule has 4 nitrogen and oxygen atoms in total. The van der Waals surface area contributed by atoms with Crippen molar-refractivity contribution in [3.63, 3.8) is 0 Å². The zero-order chi connectivity index (χ0) is 39.6. The molecule has 278 valence electrons. The molecular weight excluding hydrogens is 729 g/mol. The van der Waals surface area contributed by atoms with Crippen LogP contribution in [0.15, 0.2) is 206 Å². The summed E-state index contributed by atoms with van der Waals surface area (Å²) in [5.74, 6) is 1.84. The SMILES string of the molecule is c1ccc(-c2nc(-c3cc(-c4cccc5cc6ccccc6cc45)cc(-c4cccc5cc6ccccc6cc45)c3)nc(-c3ccc4cc5cccnc5cc4c3)n2)cc1. The lowest BCUT2D eigenvalue weighted by Gasteiger charge is -2.15. The number of nitrogens with zero attached hydrogens (tertiary/aromatic N) is 4. The summed E-state index contributed by atoms with van der Waals surface area (Å²) in [5, 5.41) is 13.0. The number of hydrogen-bond acceptors (Lipinski definition) is 4. The Morgan fingerprint density at radius 3 is 1.37 bits per heavy atom. The molecule has 10 aromatic carbocycles. The van der Waals surface area contributed by atoms with Crippen molar-refractivity contribution in [2.24, 2.45) is 0 Å². The second-order valence-corrected chi connectivity index (χ2v) is 15.5. The predicted molar refractivity (Wildman–Crippen MR) is 250 cm³/mol. The van der Waals surface area contributed by atoms with Gasteiger partial charge in [-0.25, -0.2) is 15.0 Å². The van der Waals surface area contributed by atoms with Gasteiger partial charge in [0.25, 0.3) is 0 Å². The Morgan fingerprint density at radius 2 is 0.733 bits per heavy atom. The van der Waals surface area contributed by atoms with Crippen LogP contribution in [-0.2, 0) is 0 Å². The lowest BCUT2D eigenvalue weighted by atomic mass is 9.90. The third kappa shape index (κ3) is 5.93. The highest BCUT2D eigenvalue weighted by Crippen LogP contribution is 2.40. The molecule has 2 heterocycles. The Hall–Kier alpha value is -8.08. The van der Waals surface area contributed by atoms with Crippen LogP contribution in [-0.4, -0.2) is 19.9 Å². The van der Waals surface area contributed by atoms with Crippen molar-refractivity contribution in [3.05, 3.63) is 206 Å². The van der Waals surface area contributed by atoms with Crippen molar-refractivity contribution in [2.75, 3.05) is 0 Å². The molecule has 12 rings (SSSR count). The minimum absolute atomic E-state index is 0.610. The molecule has 4 heteroatoms. The van der Waals surface area contributed by atoms with Crippen molar-refractivity contribution in [3.8, 4) is 56.4 Å². The number of rotatable bonds is 5. The molecule has 0 aliphatic heterocycles. The van der Waals surface area contributed by atoms with E-state index in [1.165, 1.54) is 43.1 Å². The van der Waals surface area contributed by atoms with Gasteiger partial charge in [0, 0.05) is 28.3 Å². The summed E-state index contributed by atoms with van der Waals surface area (Å²) in [5.41, 5.74) is 8.20. The van der Waals surface area contributed by atoms with Crippen molar-refractivity contribution in [1.82, 2.24) is 19.9 Å². The largest absolute Gasteiger partial charge is 0.256 e. The number of pyridine rings is 1. The van der Waals surface area contributed by atoms with Crippen LogP contribution in [0.3, 0.4) is 0 Å². The third-order valence-electron chi connectivity index (χ3n) is 11.8. The molecule has 60 heavy (non-hydrogen) atoms. The van der Waals surface area contributed by atoms with Crippen molar-refractivity contribution >= 4 is 64.8 Å². The van der Waals surface area contributed by atoms with Crippen LogP contribution in [0.4, 0.5) is 0 Å². The van der Waals surface area contributed by atoms with Crippen LogP contribution in [0.2, 0.25) is 0 Å². The maximum Gasteiger partial charge on any atom is 0.164 e. The van der Waals surface area contributed by atoms with Crippen molar-refractivity contribution < 1.29 is 0 Å². The first-order valence-electron chi connectivity index (χ1n) is 20.3. The normalized spacial score (nSPS) is 11.7. The number of benzene rings is 10. The lowest BCUT2D eigenvalue weighted by Crippen LogP contribution is -2.01. The topological polar surface area (TPSA) is 51.6 Å². The van der Waals surface area contributed by atoms with Gasteiger partial charge in [0.05, 0.1) is 5.52 Å². The molecule has 0 fully saturated rings. The minimum Gasteiger partial charge on any atom is -0.256 e. The molecule has 0 aliphatic rings. The van der Waals surface area contributed by atoms with Gasteiger partial charge in [-0.15, -0.1) is 0 Å². The number of hydrogen-bond donors (Lipinski definition) is 0. The number of fused-ring (bicyclic) bond motifs is 6. The second kappa shape index (κ2) is 13.8. The van der Waals surface area contributed by atoms with E-state index in [9.17, 15) is 0 Å². The standard InChI is InChI=1S/C56H34N4/c1-2-11-35(12-3-1)54-58-55(44-23-22-40-27-43-19-10-24-57-53(43)34-45(40)28-44)60-56(59-54)48-30-46(49-20-8-17-41-25-36-13-4-6-15-38(36)32-51(41)49)29-47(31-48)50-21-9-18-42-26-37-14-5-7-16-39(37)33-52(42)50/h1-34H. The molecule has 0 spiro atoms. The quantitative estimate of drug-likeness (QED) is 0.164.